The number of carbonyl (C=O) groups is 1. The first kappa shape index (κ1) is 14.6. The zero-order valence-corrected chi connectivity index (χ0v) is 13.9. The van der Waals surface area contributed by atoms with Crippen LogP contribution in [0.5, 0.6) is 0 Å². The van der Waals surface area contributed by atoms with Gasteiger partial charge in [0.2, 0.25) is 0 Å². The van der Waals surface area contributed by atoms with Gasteiger partial charge in [-0.15, -0.1) is 23.1 Å². The van der Waals surface area contributed by atoms with Crippen LogP contribution in [0.2, 0.25) is 0 Å². The standard InChI is InChI=1S/C14H17N3O2S2/c1-4-9-8-20-13-15-7-10(12(19)17(9)13)11(18)16-5-6-21-14(16,2)3/h7-8H,4-6H2,1-3H3. The van der Waals surface area contributed by atoms with E-state index in [-0.39, 0.29) is 21.9 Å². The van der Waals surface area contributed by atoms with Crippen LogP contribution in [0.3, 0.4) is 0 Å². The molecule has 2 aromatic rings. The molecule has 2 aromatic heterocycles. The van der Waals surface area contributed by atoms with Gasteiger partial charge in [-0.1, -0.05) is 6.92 Å². The van der Waals surface area contributed by atoms with Gasteiger partial charge in [0.05, 0.1) is 4.87 Å². The smallest absolute Gasteiger partial charge is 0.271 e. The van der Waals surface area contributed by atoms with Crippen LogP contribution in [-0.4, -0.2) is 37.4 Å². The molecular weight excluding hydrogens is 306 g/mol. The summed E-state index contributed by atoms with van der Waals surface area (Å²) in [5, 5.41) is 1.92. The van der Waals surface area contributed by atoms with E-state index in [9.17, 15) is 9.59 Å². The van der Waals surface area contributed by atoms with Gasteiger partial charge in [-0.25, -0.2) is 4.98 Å². The Labute approximate surface area is 131 Å². The number of thiazole rings is 1. The molecule has 7 heteroatoms. The first-order valence-corrected chi connectivity index (χ1v) is 8.76. The molecule has 1 amide bonds. The monoisotopic (exact) mass is 323 g/mol. The topological polar surface area (TPSA) is 54.7 Å². The number of hydrogen-bond donors (Lipinski definition) is 0. The molecule has 5 nitrogen and oxygen atoms in total. The van der Waals surface area contributed by atoms with E-state index in [0.29, 0.717) is 11.5 Å². The predicted molar refractivity (Wildman–Crippen MR) is 86.3 cm³/mol. The average Bonchev–Trinajstić information content (AvgIpc) is 3.01. The van der Waals surface area contributed by atoms with Crippen molar-refractivity contribution in [2.45, 2.75) is 32.1 Å². The predicted octanol–water partition coefficient (Wildman–Crippen LogP) is 2.24. The van der Waals surface area contributed by atoms with Gasteiger partial charge in [0.25, 0.3) is 11.5 Å². The number of carbonyl (C=O) groups excluding carboxylic acids is 1. The highest BCUT2D eigenvalue weighted by atomic mass is 32.2. The zero-order valence-electron chi connectivity index (χ0n) is 12.3. The van der Waals surface area contributed by atoms with Gasteiger partial charge in [0.15, 0.2) is 4.96 Å². The average molecular weight is 323 g/mol. The van der Waals surface area contributed by atoms with E-state index >= 15 is 0 Å². The van der Waals surface area contributed by atoms with Crippen molar-refractivity contribution < 1.29 is 4.79 Å². The van der Waals surface area contributed by atoms with Crippen LogP contribution < -0.4 is 5.56 Å². The van der Waals surface area contributed by atoms with E-state index in [1.54, 1.807) is 21.1 Å². The number of hydrogen-bond acceptors (Lipinski definition) is 5. The molecule has 0 bridgehead atoms. The largest absolute Gasteiger partial charge is 0.323 e. The van der Waals surface area contributed by atoms with Crippen molar-refractivity contribution in [3.8, 4) is 0 Å². The lowest BCUT2D eigenvalue weighted by Crippen LogP contribution is -2.43. The van der Waals surface area contributed by atoms with Crippen molar-refractivity contribution in [3.05, 3.63) is 33.2 Å². The maximum absolute atomic E-state index is 12.7. The van der Waals surface area contributed by atoms with Crippen molar-refractivity contribution >= 4 is 34.0 Å². The van der Waals surface area contributed by atoms with Crippen LogP contribution in [0.1, 0.15) is 36.8 Å². The Hall–Kier alpha value is -1.34. The molecule has 0 aliphatic carbocycles. The van der Waals surface area contributed by atoms with E-state index < -0.39 is 0 Å². The molecule has 3 heterocycles. The van der Waals surface area contributed by atoms with Crippen molar-refractivity contribution in [2.24, 2.45) is 0 Å². The summed E-state index contributed by atoms with van der Waals surface area (Å²) in [7, 11) is 0. The molecule has 1 aliphatic rings. The van der Waals surface area contributed by atoms with Crippen molar-refractivity contribution in [1.29, 1.82) is 0 Å². The Morgan fingerprint density at radius 3 is 2.86 bits per heavy atom. The molecule has 0 atom stereocenters. The number of rotatable bonds is 2. The Morgan fingerprint density at radius 2 is 2.24 bits per heavy atom. The fourth-order valence-electron chi connectivity index (χ4n) is 2.56. The van der Waals surface area contributed by atoms with Crippen LogP contribution in [0.25, 0.3) is 4.96 Å². The maximum Gasteiger partial charge on any atom is 0.271 e. The highest BCUT2D eigenvalue weighted by molar-refractivity contribution is 8.00. The van der Waals surface area contributed by atoms with Crippen LogP contribution >= 0.6 is 23.1 Å². The molecule has 1 fully saturated rings. The van der Waals surface area contributed by atoms with Gasteiger partial charge in [-0.05, 0) is 20.3 Å². The van der Waals surface area contributed by atoms with Crippen LogP contribution in [0, 0.1) is 0 Å². The number of thioether (sulfide) groups is 1. The fraction of sp³-hybridized carbons (Fsp3) is 0.500. The molecular formula is C14H17N3O2S2. The van der Waals surface area contributed by atoms with Crippen molar-refractivity contribution in [3.63, 3.8) is 0 Å². The molecule has 0 aromatic carbocycles. The number of aryl methyl sites for hydroxylation is 1. The Bertz CT molecular complexity index is 763. The normalized spacial score (nSPS) is 17.6. The number of aromatic nitrogens is 2. The SMILES string of the molecule is CCc1csc2ncc(C(=O)N3CCSC3(C)C)c(=O)n12. The molecule has 1 aliphatic heterocycles. The molecule has 112 valence electrons. The van der Waals surface area contributed by atoms with Crippen molar-refractivity contribution in [2.75, 3.05) is 12.3 Å². The summed E-state index contributed by atoms with van der Waals surface area (Å²) in [5.41, 5.74) is 0.809. The van der Waals surface area contributed by atoms with Gasteiger partial charge in [-0.2, -0.15) is 0 Å². The van der Waals surface area contributed by atoms with Crippen LogP contribution in [0.4, 0.5) is 0 Å². The van der Waals surface area contributed by atoms with Crippen LogP contribution in [-0.2, 0) is 6.42 Å². The molecule has 1 saturated heterocycles. The molecule has 0 N–H and O–H groups in total. The van der Waals surface area contributed by atoms with E-state index in [1.807, 2.05) is 26.2 Å². The summed E-state index contributed by atoms with van der Waals surface area (Å²) in [6, 6.07) is 0. The van der Waals surface area contributed by atoms with Crippen LogP contribution in [0.15, 0.2) is 16.4 Å². The number of nitrogens with zero attached hydrogens (tertiary/aromatic N) is 3. The molecule has 3 rings (SSSR count). The summed E-state index contributed by atoms with van der Waals surface area (Å²) >= 11 is 3.16. The first-order chi connectivity index (χ1) is 9.95. The van der Waals surface area contributed by atoms with Gasteiger partial charge in [0, 0.05) is 29.6 Å². The van der Waals surface area contributed by atoms with E-state index in [0.717, 1.165) is 17.9 Å². The van der Waals surface area contributed by atoms with Gasteiger partial charge < -0.3 is 4.90 Å². The summed E-state index contributed by atoms with van der Waals surface area (Å²) in [6.45, 7) is 6.67. The van der Waals surface area contributed by atoms with E-state index in [1.165, 1.54) is 17.5 Å². The minimum atomic E-state index is -0.272. The lowest BCUT2D eigenvalue weighted by molar-refractivity contribution is 0.0705. The van der Waals surface area contributed by atoms with Gasteiger partial charge >= 0.3 is 0 Å². The Morgan fingerprint density at radius 1 is 1.48 bits per heavy atom. The highest BCUT2D eigenvalue weighted by Gasteiger charge is 2.37. The second-order valence-corrected chi connectivity index (χ2v) is 7.96. The van der Waals surface area contributed by atoms with Gasteiger partial charge in [-0.3, -0.25) is 14.0 Å². The molecule has 0 radical (unpaired) electrons. The molecule has 0 spiro atoms. The fourth-order valence-corrected chi connectivity index (χ4v) is 4.60. The third-order valence-electron chi connectivity index (χ3n) is 3.77. The van der Waals surface area contributed by atoms with E-state index in [4.69, 9.17) is 0 Å². The van der Waals surface area contributed by atoms with Gasteiger partial charge in [0.1, 0.15) is 5.56 Å². The lowest BCUT2D eigenvalue weighted by atomic mass is 10.2. The minimum absolute atomic E-state index is 0.163. The summed E-state index contributed by atoms with van der Waals surface area (Å²) in [4.78, 5) is 31.8. The second kappa shape index (κ2) is 5.14. The number of amides is 1. The van der Waals surface area contributed by atoms with E-state index in [2.05, 4.69) is 4.98 Å². The Kier molecular flexibility index (Phi) is 3.57. The summed E-state index contributed by atoms with van der Waals surface area (Å²) < 4.78 is 1.56. The third-order valence-corrected chi connectivity index (χ3v) is 5.98. The first-order valence-electron chi connectivity index (χ1n) is 6.89. The number of fused-ring (bicyclic) bond motifs is 1. The minimum Gasteiger partial charge on any atom is -0.323 e. The highest BCUT2D eigenvalue weighted by Crippen LogP contribution is 2.35. The quantitative estimate of drug-likeness (QED) is 0.850. The second-order valence-electron chi connectivity index (χ2n) is 5.43. The molecule has 0 saturated carbocycles. The molecule has 21 heavy (non-hydrogen) atoms. The molecule has 0 unspecified atom stereocenters. The third kappa shape index (κ3) is 2.28. The van der Waals surface area contributed by atoms with Crippen molar-refractivity contribution in [1.82, 2.24) is 14.3 Å². The maximum atomic E-state index is 12.7. The lowest BCUT2D eigenvalue weighted by Gasteiger charge is -2.30. The Balaban J connectivity index is 2.11. The summed E-state index contributed by atoms with van der Waals surface area (Å²) in [5.74, 6) is 0.680. The zero-order chi connectivity index (χ0) is 15.2. The summed E-state index contributed by atoms with van der Waals surface area (Å²) in [6.07, 6.45) is 2.17.